The number of benzene rings is 1. The van der Waals surface area contributed by atoms with Crippen molar-refractivity contribution in [2.45, 2.75) is 20.0 Å². The Hall–Kier alpha value is -1.38. The van der Waals surface area contributed by atoms with E-state index in [1.807, 2.05) is 0 Å². The van der Waals surface area contributed by atoms with Gasteiger partial charge in [0, 0.05) is 0 Å². The number of carbonyl (C=O) groups is 1. The third kappa shape index (κ3) is 2.31. The molecule has 1 rings (SSSR count). The van der Waals surface area contributed by atoms with E-state index in [4.69, 9.17) is 5.11 Å². The average molecular weight is 196 g/mol. The fraction of sp³-hybridized carbons (Fsp3) is 0.364. The minimum Gasteiger partial charge on any atom is -0.478 e. The van der Waals surface area contributed by atoms with E-state index < -0.39 is 12.1 Å². The van der Waals surface area contributed by atoms with Gasteiger partial charge in [-0.25, -0.2) is 9.18 Å². The van der Waals surface area contributed by atoms with Crippen molar-refractivity contribution in [2.75, 3.05) is 0 Å². The van der Waals surface area contributed by atoms with Crippen LogP contribution in [0.4, 0.5) is 4.39 Å². The van der Waals surface area contributed by atoms with Crippen LogP contribution in [0.1, 0.15) is 35.9 Å². The van der Waals surface area contributed by atoms with Crippen LogP contribution in [0.3, 0.4) is 0 Å². The van der Waals surface area contributed by atoms with Gasteiger partial charge >= 0.3 is 5.97 Å². The molecule has 0 spiro atoms. The van der Waals surface area contributed by atoms with Crippen LogP contribution in [-0.2, 0) is 0 Å². The molecule has 0 bridgehead atoms. The van der Waals surface area contributed by atoms with Crippen molar-refractivity contribution in [2.24, 2.45) is 5.92 Å². The number of hydrogen-bond donors (Lipinski definition) is 1. The highest BCUT2D eigenvalue weighted by Gasteiger charge is 2.14. The molecule has 0 aromatic heterocycles. The maximum absolute atomic E-state index is 13.4. The summed E-state index contributed by atoms with van der Waals surface area (Å²) < 4.78 is 13.4. The van der Waals surface area contributed by atoms with Gasteiger partial charge in [0.2, 0.25) is 0 Å². The van der Waals surface area contributed by atoms with Crippen molar-refractivity contribution < 1.29 is 14.3 Å². The second-order valence-corrected chi connectivity index (χ2v) is 3.57. The summed E-state index contributed by atoms with van der Waals surface area (Å²) in [6.45, 7) is 3.57. The van der Waals surface area contributed by atoms with Gasteiger partial charge in [-0.3, -0.25) is 0 Å². The number of alkyl halides is 1. The van der Waals surface area contributed by atoms with Crippen molar-refractivity contribution in [3.05, 3.63) is 35.4 Å². The summed E-state index contributed by atoms with van der Waals surface area (Å²) in [5.41, 5.74) is 0.717. The van der Waals surface area contributed by atoms with Crippen molar-refractivity contribution >= 4 is 5.97 Å². The van der Waals surface area contributed by atoms with Gasteiger partial charge < -0.3 is 5.11 Å². The van der Waals surface area contributed by atoms with Crippen LogP contribution < -0.4 is 0 Å². The second kappa shape index (κ2) is 4.22. The Labute approximate surface area is 82.4 Å². The Bertz CT molecular complexity index is 317. The summed E-state index contributed by atoms with van der Waals surface area (Å²) in [4.78, 5) is 10.5. The topological polar surface area (TPSA) is 37.3 Å². The van der Waals surface area contributed by atoms with E-state index in [0.29, 0.717) is 5.56 Å². The maximum Gasteiger partial charge on any atom is 0.335 e. The molecule has 0 aliphatic carbocycles. The molecule has 0 radical (unpaired) electrons. The van der Waals surface area contributed by atoms with E-state index in [0.717, 1.165) is 0 Å². The Morgan fingerprint density at radius 3 is 2.14 bits per heavy atom. The maximum atomic E-state index is 13.4. The lowest BCUT2D eigenvalue weighted by molar-refractivity contribution is 0.0697. The predicted octanol–water partition coefficient (Wildman–Crippen LogP) is 3.05. The van der Waals surface area contributed by atoms with Crippen LogP contribution in [0.15, 0.2) is 24.3 Å². The molecule has 0 heterocycles. The van der Waals surface area contributed by atoms with E-state index in [2.05, 4.69) is 0 Å². The van der Waals surface area contributed by atoms with Crippen LogP contribution >= 0.6 is 0 Å². The summed E-state index contributed by atoms with van der Waals surface area (Å²) in [6, 6.07) is 5.89. The van der Waals surface area contributed by atoms with Crippen LogP contribution in [0.2, 0.25) is 0 Å². The van der Waals surface area contributed by atoms with Crippen LogP contribution in [0.5, 0.6) is 0 Å². The third-order valence-corrected chi connectivity index (χ3v) is 2.06. The van der Waals surface area contributed by atoms with E-state index in [9.17, 15) is 9.18 Å². The lowest BCUT2D eigenvalue weighted by Crippen LogP contribution is -2.02. The standard InChI is InChI=1S/C11H13FO2/c1-7(2)10(12)8-3-5-9(6-4-8)11(13)14/h3-7,10H,1-2H3,(H,13,14). The van der Waals surface area contributed by atoms with E-state index >= 15 is 0 Å². The molecular formula is C11H13FO2. The van der Waals surface area contributed by atoms with E-state index in [-0.39, 0.29) is 11.5 Å². The highest BCUT2D eigenvalue weighted by atomic mass is 19.1. The average Bonchev–Trinajstić information content (AvgIpc) is 2.16. The number of aromatic carboxylic acids is 1. The fourth-order valence-corrected chi connectivity index (χ4v) is 1.19. The van der Waals surface area contributed by atoms with Gasteiger partial charge in [-0.05, 0) is 23.6 Å². The molecule has 2 nitrogen and oxygen atoms in total. The molecule has 0 fully saturated rings. The summed E-state index contributed by atoms with van der Waals surface area (Å²) in [5, 5.41) is 8.63. The number of rotatable bonds is 3. The van der Waals surface area contributed by atoms with Gasteiger partial charge in [-0.1, -0.05) is 26.0 Å². The molecule has 0 amide bonds. The molecule has 0 aliphatic heterocycles. The first-order chi connectivity index (χ1) is 6.52. The molecule has 0 saturated carbocycles. The zero-order valence-corrected chi connectivity index (χ0v) is 8.20. The quantitative estimate of drug-likeness (QED) is 0.806. The molecule has 76 valence electrons. The van der Waals surface area contributed by atoms with Crippen molar-refractivity contribution in [3.8, 4) is 0 Å². The van der Waals surface area contributed by atoms with Gasteiger partial charge in [0.05, 0.1) is 5.56 Å². The van der Waals surface area contributed by atoms with Gasteiger partial charge in [-0.15, -0.1) is 0 Å². The first kappa shape index (κ1) is 10.7. The van der Waals surface area contributed by atoms with Crippen LogP contribution in [0.25, 0.3) is 0 Å². The minimum absolute atomic E-state index is 0.0920. The number of carboxylic acids is 1. The van der Waals surface area contributed by atoms with Gasteiger partial charge in [-0.2, -0.15) is 0 Å². The monoisotopic (exact) mass is 196 g/mol. The first-order valence-corrected chi connectivity index (χ1v) is 4.49. The Morgan fingerprint density at radius 2 is 1.79 bits per heavy atom. The number of hydrogen-bond acceptors (Lipinski definition) is 1. The molecule has 1 N–H and O–H groups in total. The minimum atomic E-state index is -1.03. The highest BCUT2D eigenvalue weighted by molar-refractivity contribution is 5.87. The normalized spacial score (nSPS) is 12.9. The molecular weight excluding hydrogens is 183 g/mol. The summed E-state index contributed by atoms with van der Waals surface area (Å²) >= 11 is 0. The highest BCUT2D eigenvalue weighted by Crippen LogP contribution is 2.25. The predicted molar refractivity (Wildman–Crippen MR) is 52.1 cm³/mol. The smallest absolute Gasteiger partial charge is 0.335 e. The molecule has 0 saturated heterocycles. The number of carboxylic acid groups (broad SMARTS) is 1. The van der Waals surface area contributed by atoms with Crippen molar-refractivity contribution in [3.63, 3.8) is 0 Å². The van der Waals surface area contributed by atoms with Gasteiger partial charge in [0.25, 0.3) is 0 Å². The molecule has 1 unspecified atom stereocenters. The molecule has 1 atom stereocenters. The Balaban J connectivity index is 2.88. The lowest BCUT2D eigenvalue weighted by atomic mass is 9.99. The molecule has 1 aromatic carbocycles. The number of halogens is 1. The SMILES string of the molecule is CC(C)C(F)c1ccc(C(=O)O)cc1. The fourth-order valence-electron chi connectivity index (χ4n) is 1.19. The third-order valence-electron chi connectivity index (χ3n) is 2.06. The zero-order valence-electron chi connectivity index (χ0n) is 8.20. The second-order valence-electron chi connectivity index (χ2n) is 3.57. The zero-order chi connectivity index (χ0) is 10.7. The molecule has 3 heteroatoms. The summed E-state index contributed by atoms with van der Waals surface area (Å²) in [6.07, 6.45) is -1.03. The first-order valence-electron chi connectivity index (χ1n) is 4.49. The molecule has 1 aromatic rings. The lowest BCUT2D eigenvalue weighted by Gasteiger charge is -2.11. The summed E-state index contributed by atoms with van der Waals surface area (Å²) in [5.74, 6) is -1.08. The van der Waals surface area contributed by atoms with E-state index in [1.165, 1.54) is 24.3 Å². The Kier molecular flexibility index (Phi) is 3.23. The van der Waals surface area contributed by atoms with Crippen LogP contribution in [0, 0.1) is 5.92 Å². The largest absolute Gasteiger partial charge is 0.478 e. The van der Waals surface area contributed by atoms with Crippen molar-refractivity contribution in [1.29, 1.82) is 0 Å². The van der Waals surface area contributed by atoms with E-state index in [1.54, 1.807) is 13.8 Å². The molecule has 14 heavy (non-hydrogen) atoms. The summed E-state index contributed by atoms with van der Waals surface area (Å²) in [7, 11) is 0. The van der Waals surface area contributed by atoms with Crippen LogP contribution in [-0.4, -0.2) is 11.1 Å². The van der Waals surface area contributed by atoms with Gasteiger partial charge in [0.15, 0.2) is 0 Å². The van der Waals surface area contributed by atoms with Crippen molar-refractivity contribution in [1.82, 2.24) is 0 Å². The molecule has 0 aliphatic rings. The Morgan fingerprint density at radius 1 is 1.29 bits per heavy atom. The van der Waals surface area contributed by atoms with Gasteiger partial charge in [0.1, 0.15) is 6.17 Å².